The van der Waals surface area contributed by atoms with Crippen molar-refractivity contribution in [3.05, 3.63) is 23.4 Å². The quantitative estimate of drug-likeness (QED) is 0.812. The van der Waals surface area contributed by atoms with Gasteiger partial charge in [0, 0.05) is 12.2 Å². The Morgan fingerprint density at radius 3 is 3.07 bits per heavy atom. The number of aryl methyl sites for hydroxylation is 2. The van der Waals surface area contributed by atoms with Gasteiger partial charge in [-0.1, -0.05) is 18.9 Å². The van der Waals surface area contributed by atoms with Crippen molar-refractivity contribution in [2.24, 2.45) is 5.92 Å². The zero-order valence-corrected chi connectivity index (χ0v) is 9.13. The van der Waals surface area contributed by atoms with Crippen LogP contribution in [0.3, 0.4) is 0 Å². The molecule has 2 aliphatic carbocycles. The molecule has 0 aliphatic heterocycles. The van der Waals surface area contributed by atoms with Crippen molar-refractivity contribution in [3.63, 3.8) is 0 Å². The fourth-order valence-corrected chi connectivity index (χ4v) is 2.33. The van der Waals surface area contributed by atoms with Gasteiger partial charge in [0.25, 0.3) is 0 Å². The number of rotatable bonds is 4. The Kier molecular flexibility index (Phi) is 2.35. The number of fused-ring (bicyclic) bond motifs is 1. The number of pyridine rings is 1. The minimum absolute atomic E-state index is 1.01. The Bertz CT molecular complexity index is 356. The van der Waals surface area contributed by atoms with Crippen LogP contribution in [-0.4, -0.2) is 11.5 Å². The van der Waals surface area contributed by atoms with Crippen LogP contribution in [0.25, 0.3) is 0 Å². The second-order valence-corrected chi connectivity index (χ2v) is 4.81. The van der Waals surface area contributed by atoms with Crippen LogP contribution in [0.4, 0.5) is 5.82 Å². The summed E-state index contributed by atoms with van der Waals surface area (Å²) < 4.78 is 0. The molecule has 0 radical (unpaired) electrons. The fraction of sp³-hybridized carbons (Fsp3) is 0.615. The van der Waals surface area contributed by atoms with Crippen LogP contribution in [0.2, 0.25) is 0 Å². The molecule has 80 valence electrons. The predicted octanol–water partition coefficient (Wildman–Crippen LogP) is 2.78. The molecule has 1 heterocycles. The van der Waals surface area contributed by atoms with Gasteiger partial charge in [-0.2, -0.15) is 0 Å². The van der Waals surface area contributed by atoms with E-state index in [0.717, 1.165) is 18.3 Å². The van der Waals surface area contributed by atoms with Crippen molar-refractivity contribution < 1.29 is 0 Å². The highest BCUT2D eigenvalue weighted by atomic mass is 15.0. The first-order valence-corrected chi connectivity index (χ1v) is 6.14. The van der Waals surface area contributed by atoms with Crippen LogP contribution < -0.4 is 5.32 Å². The lowest BCUT2D eigenvalue weighted by molar-refractivity contribution is 0.758. The van der Waals surface area contributed by atoms with Crippen molar-refractivity contribution in [2.45, 2.75) is 38.5 Å². The third-order valence-electron chi connectivity index (χ3n) is 3.48. The van der Waals surface area contributed by atoms with Gasteiger partial charge < -0.3 is 5.32 Å². The lowest BCUT2D eigenvalue weighted by Gasteiger charge is -2.06. The minimum atomic E-state index is 1.01. The zero-order valence-electron chi connectivity index (χ0n) is 9.13. The summed E-state index contributed by atoms with van der Waals surface area (Å²) in [6, 6.07) is 4.38. The van der Waals surface area contributed by atoms with Gasteiger partial charge in [0.2, 0.25) is 0 Å². The summed E-state index contributed by atoms with van der Waals surface area (Å²) in [5.41, 5.74) is 2.79. The first-order chi connectivity index (χ1) is 7.42. The molecule has 15 heavy (non-hydrogen) atoms. The average molecular weight is 202 g/mol. The van der Waals surface area contributed by atoms with Gasteiger partial charge in [0.05, 0.1) is 0 Å². The molecule has 0 bridgehead atoms. The maximum atomic E-state index is 4.66. The molecule has 0 aromatic carbocycles. The molecule has 1 N–H and O–H groups in total. The predicted molar refractivity (Wildman–Crippen MR) is 62.1 cm³/mol. The van der Waals surface area contributed by atoms with E-state index in [1.807, 2.05) is 0 Å². The molecule has 0 saturated heterocycles. The summed E-state index contributed by atoms with van der Waals surface area (Å²) in [6.45, 7) is 1.09. The molecule has 2 nitrogen and oxygen atoms in total. The van der Waals surface area contributed by atoms with E-state index in [0.29, 0.717) is 0 Å². The maximum absolute atomic E-state index is 4.66. The first kappa shape index (κ1) is 9.20. The number of nitrogens with one attached hydrogen (secondary N) is 1. The normalized spacial score (nSPS) is 18.9. The zero-order chi connectivity index (χ0) is 10.1. The van der Waals surface area contributed by atoms with E-state index in [1.165, 1.54) is 49.8 Å². The molecule has 1 fully saturated rings. The Morgan fingerprint density at radius 2 is 2.20 bits per heavy atom. The third kappa shape index (κ3) is 2.14. The smallest absolute Gasteiger partial charge is 0.126 e. The second kappa shape index (κ2) is 3.84. The molecule has 3 rings (SSSR count). The Balaban J connectivity index is 1.59. The Labute approximate surface area is 91.1 Å². The number of aromatic nitrogens is 1. The molecule has 0 amide bonds. The molecule has 1 aromatic heterocycles. The van der Waals surface area contributed by atoms with E-state index in [9.17, 15) is 0 Å². The van der Waals surface area contributed by atoms with E-state index >= 15 is 0 Å². The van der Waals surface area contributed by atoms with Crippen LogP contribution in [0, 0.1) is 5.92 Å². The first-order valence-electron chi connectivity index (χ1n) is 6.14. The summed E-state index contributed by atoms with van der Waals surface area (Å²) in [7, 11) is 0. The highest BCUT2D eigenvalue weighted by molar-refractivity contribution is 5.40. The average Bonchev–Trinajstić information content (AvgIpc) is 2.95. The lowest BCUT2D eigenvalue weighted by Crippen LogP contribution is -2.05. The van der Waals surface area contributed by atoms with Crippen LogP contribution in [-0.2, 0) is 12.8 Å². The molecular weight excluding hydrogens is 184 g/mol. The molecule has 0 unspecified atom stereocenters. The Hall–Kier alpha value is -1.05. The largest absolute Gasteiger partial charge is 0.370 e. The van der Waals surface area contributed by atoms with E-state index in [2.05, 4.69) is 22.4 Å². The van der Waals surface area contributed by atoms with E-state index in [-0.39, 0.29) is 0 Å². The fourth-order valence-electron chi connectivity index (χ4n) is 2.33. The summed E-state index contributed by atoms with van der Waals surface area (Å²) in [5.74, 6) is 2.09. The SMILES string of the molecule is c1cc2c(nc1NCCC1CC1)CCC2. The maximum Gasteiger partial charge on any atom is 0.126 e. The van der Waals surface area contributed by atoms with E-state index in [4.69, 9.17) is 0 Å². The van der Waals surface area contributed by atoms with Gasteiger partial charge in [-0.3, -0.25) is 0 Å². The molecule has 0 atom stereocenters. The van der Waals surface area contributed by atoms with Gasteiger partial charge in [-0.05, 0) is 43.2 Å². The highest BCUT2D eigenvalue weighted by Gasteiger charge is 2.20. The molecule has 0 spiro atoms. The number of nitrogens with zero attached hydrogens (tertiary/aromatic N) is 1. The minimum Gasteiger partial charge on any atom is -0.370 e. The van der Waals surface area contributed by atoms with Gasteiger partial charge in [-0.15, -0.1) is 0 Å². The summed E-state index contributed by atoms with van der Waals surface area (Å²) in [6.07, 6.45) is 7.89. The van der Waals surface area contributed by atoms with E-state index < -0.39 is 0 Å². The second-order valence-electron chi connectivity index (χ2n) is 4.81. The van der Waals surface area contributed by atoms with Crippen molar-refractivity contribution in [1.82, 2.24) is 4.98 Å². The van der Waals surface area contributed by atoms with Crippen LogP contribution in [0.1, 0.15) is 36.9 Å². The topological polar surface area (TPSA) is 24.9 Å². The van der Waals surface area contributed by atoms with Crippen LogP contribution in [0.5, 0.6) is 0 Å². The summed E-state index contributed by atoms with van der Waals surface area (Å²) >= 11 is 0. The molecule has 1 saturated carbocycles. The standard InChI is InChI=1S/C13H18N2/c1-2-11-6-7-13(15-12(11)3-1)14-9-8-10-4-5-10/h6-7,10H,1-5,8-9H2,(H,14,15). The third-order valence-corrected chi connectivity index (χ3v) is 3.48. The summed E-state index contributed by atoms with van der Waals surface area (Å²) in [5, 5.41) is 3.43. The van der Waals surface area contributed by atoms with Gasteiger partial charge in [0.15, 0.2) is 0 Å². The monoisotopic (exact) mass is 202 g/mol. The highest BCUT2D eigenvalue weighted by Crippen LogP contribution is 2.32. The van der Waals surface area contributed by atoms with Crippen molar-refractivity contribution in [1.29, 1.82) is 0 Å². The lowest BCUT2D eigenvalue weighted by atomic mass is 10.2. The van der Waals surface area contributed by atoms with Gasteiger partial charge in [0.1, 0.15) is 5.82 Å². The van der Waals surface area contributed by atoms with Crippen molar-refractivity contribution in [3.8, 4) is 0 Å². The number of hydrogen-bond donors (Lipinski definition) is 1. The van der Waals surface area contributed by atoms with Crippen LogP contribution >= 0.6 is 0 Å². The van der Waals surface area contributed by atoms with Crippen molar-refractivity contribution in [2.75, 3.05) is 11.9 Å². The molecule has 2 heteroatoms. The summed E-state index contributed by atoms with van der Waals surface area (Å²) in [4.78, 5) is 4.66. The van der Waals surface area contributed by atoms with Gasteiger partial charge >= 0.3 is 0 Å². The molecular formula is C13H18N2. The molecule has 2 aliphatic rings. The van der Waals surface area contributed by atoms with Crippen molar-refractivity contribution >= 4 is 5.82 Å². The van der Waals surface area contributed by atoms with Crippen LogP contribution in [0.15, 0.2) is 12.1 Å². The van der Waals surface area contributed by atoms with Gasteiger partial charge in [-0.25, -0.2) is 4.98 Å². The Morgan fingerprint density at radius 1 is 1.27 bits per heavy atom. The van der Waals surface area contributed by atoms with E-state index in [1.54, 1.807) is 0 Å². The number of hydrogen-bond acceptors (Lipinski definition) is 2. The number of anilines is 1. The molecule has 1 aromatic rings.